The number of unbranched alkanes of at least 4 members (excludes halogenated alkanes) is 8. The number of hydrogen-bond donors (Lipinski definition) is 4. The van der Waals surface area contributed by atoms with E-state index in [2.05, 4.69) is 0 Å². The van der Waals surface area contributed by atoms with Gasteiger partial charge in [-0.25, -0.2) is 9.59 Å². The van der Waals surface area contributed by atoms with E-state index in [1.165, 1.54) is 0 Å². The van der Waals surface area contributed by atoms with Gasteiger partial charge < -0.3 is 20.4 Å². The first-order chi connectivity index (χ1) is 13.1. The Hall–Kier alpha value is -1.80. The summed E-state index contributed by atoms with van der Waals surface area (Å²) in [6.07, 6.45) is 6.13. The fourth-order valence-corrected chi connectivity index (χ4v) is 3.09. The van der Waals surface area contributed by atoms with Gasteiger partial charge in [-0.3, -0.25) is 9.59 Å². The number of carboxylic acids is 2. The Morgan fingerprint density at radius 3 is 1.11 bits per heavy atom. The predicted octanol–water partition coefficient (Wildman–Crippen LogP) is 2.48. The monoisotopic (exact) mass is 402 g/mol. The molecule has 0 aromatic carbocycles. The van der Waals surface area contributed by atoms with E-state index in [0.717, 1.165) is 38.5 Å². The van der Waals surface area contributed by atoms with Gasteiger partial charge in [-0.2, -0.15) is 0 Å². The van der Waals surface area contributed by atoms with Gasteiger partial charge in [0.15, 0.2) is 11.6 Å². The van der Waals surface area contributed by atoms with Crippen LogP contribution in [-0.2, 0) is 19.2 Å². The first-order valence-electron chi connectivity index (χ1n) is 10.1. The number of rotatable bonds is 17. The molecular formula is C20H34O8. The van der Waals surface area contributed by atoms with E-state index in [-0.39, 0.29) is 12.8 Å². The van der Waals surface area contributed by atoms with E-state index < -0.39 is 47.5 Å². The molecule has 28 heavy (non-hydrogen) atoms. The van der Waals surface area contributed by atoms with Crippen LogP contribution in [-0.4, -0.2) is 55.1 Å². The Kier molecular flexibility index (Phi) is 11.8. The number of carbonyl (C=O) groups excluding carboxylic acids is 2. The molecule has 0 heterocycles. The first kappa shape index (κ1) is 26.2. The fourth-order valence-electron chi connectivity index (χ4n) is 3.09. The smallest absolute Gasteiger partial charge is 0.347 e. The maximum Gasteiger partial charge on any atom is 0.347 e. The van der Waals surface area contributed by atoms with Crippen molar-refractivity contribution in [2.24, 2.45) is 0 Å². The topological polar surface area (TPSA) is 149 Å². The molecule has 0 unspecified atom stereocenters. The highest BCUT2D eigenvalue weighted by Gasteiger charge is 2.68. The molecule has 8 heteroatoms. The van der Waals surface area contributed by atoms with E-state index >= 15 is 0 Å². The van der Waals surface area contributed by atoms with Crippen molar-refractivity contribution in [1.82, 2.24) is 0 Å². The maximum absolute atomic E-state index is 12.4. The zero-order valence-corrected chi connectivity index (χ0v) is 16.9. The molecule has 0 bridgehead atoms. The molecule has 8 nitrogen and oxygen atoms in total. The molecule has 0 fully saturated rings. The van der Waals surface area contributed by atoms with Gasteiger partial charge in [0.1, 0.15) is 0 Å². The lowest BCUT2D eigenvalue weighted by molar-refractivity contribution is -0.207. The van der Waals surface area contributed by atoms with Gasteiger partial charge in [-0.1, -0.05) is 65.2 Å². The summed E-state index contributed by atoms with van der Waals surface area (Å²) in [7, 11) is 0. The van der Waals surface area contributed by atoms with Crippen LogP contribution in [0.2, 0.25) is 0 Å². The second kappa shape index (κ2) is 12.6. The third-order valence-corrected chi connectivity index (χ3v) is 4.96. The summed E-state index contributed by atoms with van der Waals surface area (Å²) in [6, 6.07) is 0. The molecular weight excluding hydrogens is 368 g/mol. The van der Waals surface area contributed by atoms with Crippen LogP contribution >= 0.6 is 0 Å². The number of aliphatic hydroxyl groups is 2. The minimum absolute atomic E-state index is 0.231. The minimum atomic E-state index is -3.72. The second-order valence-electron chi connectivity index (χ2n) is 7.21. The third-order valence-electron chi connectivity index (χ3n) is 4.96. The number of aliphatic carboxylic acids is 2. The van der Waals surface area contributed by atoms with Gasteiger partial charge in [0.25, 0.3) is 11.2 Å². The van der Waals surface area contributed by atoms with Crippen LogP contribution in [0.15, 0.2) is 0 Å². The van der Waals surface area contributed by atoms with Gasteiger partial charge in [0.05, 0.1) is 0 Å². The molecule has 0 aromatic rings. The zero-order valence-electron chi connectivity index (χ0n) is 16.9. The minimum Gasteiger partial charge on any atom is -0.479 e. The quantitative estimate of drug-likeness (QED) is 0.214. The predicted molar refractivity (Wildman–Crippen MR) is 102 cm³/mol. The highest BCUT2D eigenvalue weighted by molar-refractivity contribution is 6.21. The van der Waals surface area contributed by atoms with Gasteiger partial charge in [-0.15, -0.1) is 0 Å². The number of carboxylic acid groups (broad SMARTS) is 2. The maximum atomic E-state index is 12.4. The van der Waals surface area contributed by atoms with Gasteiger partial charge in [0, 0.05) is 12.8 Å². The van der Waals surface area contributed by atoms with Gasteiger partial charge in [0.2, 0.25) is 0 Å². The van der Waals surface area contributed by atoms with E-state index in [4.69, 9.17) is 0 Å². The van der Waals surface area contributed by atoms with Crippen molar-refractivity contribution in [3.63, 3.8) is 0 Å². The summed E-state index contributed by atoms with van der Waals surface area (Å²) < 4.78 is 0. The van der Waals surface area contributed by atoms with Crippen molar-refractivity contribution in [1.29, 1.82) is 0 Å². The van der Waals surface area contributed by atoms with E-state index in [1.807, 2.05) is 13.8 Å². The average Bonchev–Trinajstić information content (AvgIpc) is 2.65. The summed E-state index contributed by atoms with van der Waals surface area (Å²) in [6.45, 7) is 3.99. The summed E-state index contributed by atoms with van der Waals surface area (Å²) in [5, 5.41) is 39.7. The van der Waals surface area contributed by atoms with Crippen molar-refractivity contribution >= 4 is 23.5 Å². The normalized spacial score (nSPS) is 15.4. The summed E-state index contributed by atoms with van der Waals surface area (Å²) in [5.41, 5.74) is -7.44. The van der Waals surface area contributed by atoms with Crippen molar-refractivity contribution in [3.8, 4) is 0 Å². The Labute approximate surface area is 165 Å². The zero-order chi connectivity index (χ0) is 21.8. The highest BCUT2D eigenvalue weighted by Crippen LogP contribution is 2.30. The van der Waals surface area contributed by atoms with Crippen LogP contribution in [0.1, 0.15) is 90.9 Å². The van der Waals surface area contributed by atoms with E-state index in [1.54, 1.807) is 0 Å². The molecule has 0 amide bonds. The lowest BCUT2D eigenvalue weighted by Crippen LogP contribution is -2.71. The SMILES string of the molecule is CCCCCCCC(=O)[C@@](O)(C(=O)O)[C@](O)(C(=O)O)C(=O)CCCCCCC. The van der Waals surface area contributed by atoms with E-state index in [9.17, 15) is 39.6 Å². The largest absolute Gasteiger partial charge is 0.479 e. The lowest BCUT2D eigenvalue weighted by atomic mass is 9.74. The molecule has 2 atom stereocenters. The second-order valence-corrected chi connectivity index (χ2v) is 7.21. The van der Waals surface area contributed by atoms with Crippen LogP contribution in [0.5, 0.6) is 0 Å². The summed E-state index contributed by atoms with van der Waals surface area (Å²) >= 11 is 0. The van der Waals surface area contributed by atoms with E-state index in [0.29, 0.717) is 12.8 Å². The third kappa shape index (κ3) is 6.38. The van der Waals surface area contributed by atoms with Gasteiger partial charge >= 0.3 is 11.9 Å². The molecule has 0 radical (unpaired) electrons. The fraction of sp³-hybridized carbons (Fsp3) is 0.800. The van der Waals surface area contributed by atoms with Crippen molar-refractivity contribution in [2.75, 3.05) is 0 Å². The molecule has 0 aliphatic carbocycles. The average molecular weight is 402 g/mol. The highest BCUT2D eigenvalue weighted by atomic mass is 16.5. The Morgan fingerprint density at radius 1 is 0.571 bits per heavy atom. The molecule has 0 saturated heterocycles. The molecule has 0 aliphatic heterocycles. The van der Waals surface area contributed by atoms with Crippen molar-refractivity contribution in [2.45, 2.75) is 102 Å². The lowest BCUT2D eigenvalue weighted by Gasteiger charge is -2.34. The van der Waals surface area contributed by atoms with Crippen LogP contribution in [0.25, 0.3) is 0 Å². The van der Waals surface area contributed by atoms with Crippen LogP contribution in [0, 0.1) is 0 Å². The molecule has 0 rings (SSSR count). The molecule has 162 valence electrons. The molecule has 4 N–H and O–H groups in total. The molecule has 0 aromatic heterocycles. The molecule has 0 aliphatic rings. The Balaban J connectivity index is 5.37. The van der Waals surface area contributed by atoms with Gasteiger partial charge in [-0.05, 0) is 12.8 Å². The first-order valence-corrected chi connectivity index (χ1v) is 10.1. The summed E-state index contributed by atoms with van der Waals surface area (Å²) in [5.74, 6) is -7.23. The van der Waals surface area contributed by atoms with Crippen molar-refractivity contribution in [3.05, 3.63) is 0 Å². The molecule has 0 spiro atoms. The number of carbonyl (C=O) groups is 4. The van der Waals surface area contributed by atoms with Crippen LogP contribution in [0.3, 0.4) is 0 Å². The standard InChI is InChI=1S/C20H34O8/c1-3-5-7-9-11-13-15(21)19(27,17(23)24)20(28,18(25)26)16(22)14-12-10-8-6-4-2/h27-28H,3-14H2,1-2H3,(H,23,24)(H,25,26)/t19-,20-/m1/s1. The number of ketones is 2. The summed E-state index contributed by atoms with van der Waals surface area (Å²) in [4.78, 5) is 48.1. The Morgan fingerprint density at radius 2 is 0.857 bits per heavy atom. The Bertz CT molecular complexity index is 496. The van der Waals surface area contributed by atoms with Crippen LogP contribution < -0.4 is 0 Å². The van der Waals surface area contributed by atoms with Crippen LogP contribution in [0.4, 0.5) is 0 Å². The number of Topliss-reactive ketones (excluding diaryl/α,β-unsaturated/α-hetero) is 2. The number of hydrogen-bond acceptors (Lipinski definition) is 6. The van der Waals surface area contributed by atoms with Crippen molar-refractivity contribution < 1.29 is 39.6 Å². The molecule has 0 saturated carbocycles.